The molecule has 33 heavy (non-hydrogen) atoms. The van der Waals surface area contributed by atoms with Crippen LogP contribution in [0.15, 0.2) is 60.7 Å². The molecular weight excluding hydrogens is 404 g/mol. The van der Waals surface area contributed by atoms with Crippen LogP contribution in [-0.2, 0) is 5.41 Å². The zero-order valence-corrected chi connectivity index (χ0v) is 22.6. The third kappa shape index (κ3) is 8.25. The van der Waals surface area contributed by atoms with E-state index in [-0.39, 0.29) is 5.41 Å². The first-order valence-corrected chi connectivity index (χ1v) is 12.4. The molecule has 0 saturated heterocycles. The number of benzene rings is 3. The van der Waals surface area contributed by atoms with Gasteiger partial charge in [0.25, 0.3) is 0 Å². The molecule has 0 aliphatic rings. The van der Waals surface area contributed by atoms with Gasteiger partial charge in [0.1, 0.15) is 11.4 Å². The lowest BCUT2D eigenvalue weighted by Gasteiger charge is -2.26. The number of quaternary nitrogens is 1. The summed E-state index contributed by atoms with van der Waals surface area (Å²) < 4.78 is 5.45. The normalized spacial score (nSPS) is 10.4. The quantitative estimate of drug-likeness (QED) is 0.377. The van der Waals surface area contributed by atoms with Crippen molar-refractivity contribution in [1.82, 2.24) is 0 Å². The van der Waals surface area contributed by atoms with Crippen LogP contribution >= 0.6 is 0 Å². The molecule has 182 valence electrons. The standard InChI is InChI=1S/C24H28N2O.3C2H6/c1-24(2,15-7-9-18-11-13-19(25)16-22(18)27-4)23-20-10-6-5-8-17(20)12-14-21(23)26-3;3*1-2/h5-14,16,26H,15,25H2,1-4H3;3*1-2H3/p+1/b9-7+;;;. The minimum absolute atomic E-state index is 0.000248. The molecule has 0 aromatic heterocycles. The molecule has 0 saturated carbocycles. The van der Waals surface area contributed by atoms with Crippen molar-refractivity contribution in [2.75, 3.05) is 19.9 Å². The SMILES string of the molecule is CC.CC.CC.C[NH2+]c1ccc2ccccc2c1C(C)(C)C/C=C/c1ccc(N)cc1OC. The van der Waals surface area contributed by atoms with Gasteiger partial charge in [0.2, 0.25) is 0 Å². The van der Waals surface area contributed by atoms with Crippen LogP contribution < -0.4 is 15.8 Å². The zero-order chi connectivity index (χ0) is 25.4. The maximum Gasteiger partial charge on any atom is 0.133 e. The predicted octanol–water partition coefficient (Wildman–Crippen LogP) is 7.72. The molecule has 0 radical (unpaired) electrons. The fourth-order valence-electron chi connectivity index (χ4n) is 3.73. The van der Waals surface area contributed by atoms with Crippen molar-refractivity contribution in [3.05, 3.63) is 71.8 Å². The third-order valence-corrected chi connectivity index (χ3v) is 5.13. The first-order valence-electron chi connectivity index (χ1n) is 12.4. The Morgan fingerprint density at radius 3 is 2.15 bits per heavy atom. The highest BCUT2D eigenvalue weighted by atomic mass is 16.5. The van der Waals surface area contributed by atoms with Crippen LogP contribution in [0.25, 0.3) is 16.8 Å². The Morgan fingerprint density at radius 2 is 1.55 bits per heavy atom. The molecule has 0 spiro atoms. The number of allylic oxidation sites excluding steroid dienone is 1. The highest BCUT2D eigenvalue weighted by Gasteiger charge is 2.26. The van der Waals surface area contributed by atoms with Crippen LogP contribution in [0.5, 0.6) is 5.75 Å². The molecule has 3 rings (SSSR count). The molecule has 4 N–H and O–H groups in total. The van der Waals surface area contributed by atoms with Crippen molar-refractivity contribution in [3.8, 4) is 5.75 Å². The number of nitrogen functional groups attached to an aromatic ring is 1. The van der Waals surface area contributed by atoms with Crippen molar-refractivity contribution in [2.45, 2.75) is 67.2 Å². The summed E-state index contributed by atoms with van der Waals surface area (Å²) in [6.07, 6.45) is 5.28. The summed E-state index contributed by atoms with van der Waals surface area (Å²) in [5, 5.41) is 4.82. The molecule has 3 aromatic rings. The van der Waals surface area contributed by atoms with Crippen molar-refractivity contribution < 1.29 is 10.1 Å². The molecule has 0 bridgehead atoms. The van der Waals surface area contributed by atoms with Gasteiger partial charge in [0, 0.05) is 22.9 Å². The Hall–Kier alpha value is -2.78. The number of fused-ring (bicyclic) bond motifs is 1. The lowest BCUT2D eigenvalue weighted by Crippen LogP contribution is -2.73. The van der Waals surface area contributed by atoms with E-state index in [1.165, 1.54) is 22.0 Å². The Labute approximate surface area is 203 Å². The first-order chi connectivity index (χ1) is 16.0. The van der Waals surface area contributed by atoms with Gasteiger partial charge in [-0.15, -0.1) is 0 Å². The summed E-state index contributed by atoms with van der Waals surface area (Å²) in [4.78, 5) is 0. The van der Waals surface area contributed by atoms with Crippen LogP contribution in [0, 0.1) is 0 Å². The molecule has 3 aromatic carbocycles. The molecule has 0 aliphatic heterocycles. The Kier molecular flexibility index (Phi) is 14.6. The molecule has 3 nitrogen and oxygen atoms in total. The van der Waals surface area contributed by atoms with Gasteiger partial charge < -0.3 is 15.8 Å². The number of anilines is 1. The fourth-order valence-corrected chi connectivity index (χ4v) is 3.73. The van der Waals surface area contributed by atoms with E-state index < -0.39 is 0 Å². The zero-order valence-electron chi connectivity index (χ0n) is 22.6. The summed E-state index contributed by atoms with van der Waals surface area (Å²) in [5.74, 6) is 0.803. The molecule has 0 fully saturated rings. The van der Waals surface area contributed by atoms with Gasteiger partial charge in [-0.05, 0) is 46.9 Å². The maximum atomic E-state index is 5.85. The number of methoxy groups -OCH3 is 1. The summed E-state index contributed by atoms with van der Waals surface area (Å²) >= 11 is 0. The second-order valence-corrected chi connectivity index (χ2v) is 7.53. The highest BCUT2D eigenvalue weighted by molar-refractivity contribution is 5.89. The lowest BCUT2D eigenvalue weighted by atomic mass is 9.78. The number of nitrogens with two attached hydrogens (primary N) is 2. The summed E-state index contributed by atoms with van der Waals surface area (Å²) in [5.41, 5.74) is 10.3. The van der Waals surface area contributed by atoms with Crippen LogP contribution in [-0.4, -0.2) is 14.2 Å². The van der Waals surface area contributed by atoms with Crippen LogP contribution in [0.1, 0.15) is 72.9 Å². The smallest absolute Gasteiger partial charge is 0.133 e. The molecule has 0 unspecified atom stereocenters. The van der Waals surface area contributed by atoms with Gasteiger partial charge in [-0.25, -0.2) is 0 Å². The average Bonchev–Trinajstić information content (AvgIpc) is 2.87. The minimum Gasteiger partial charge on any atom is -0.496 e. The predicted molar refractivity (Wildman–Crippen MR) is 150 cm³/mol. The van der Waals surface area contributed by atoms with E-state index in [4.69, 9.17) is 10.5 Å². The van der Waals surface area contributed by atoms with Crippen molar-refractivity contribution in [1.29, 1.82) is 0 Å². The number of hydrogen-bond donors (Lipinski definition) is 2. The van der Waals surface area contributed by atoms with Crippen LogP contribution in [0.4, 0.5) is 11.4 Å². The van der Waals surface area contributed by atoms with Crippen molar-refractivity contribution in [2.24, 2.45) is 0 Å². The van der Waals surface area contributed by atoms with Crippen LogP contribution in [0.3, 0.4) is 0 Å². The summed E-state index contributed by atoms with van der Waals surface area (Å²) in [7, 11) is 3.79. The molecule has 0 heterocycles. The Morgan fingerprint density at radius 1 is 0.909 bits per heavy atom. The van der Waals surface area contributed by atoms with Crippen molar-refractivity contribution in [3.63, 3.8) is 0 Å². The van der Waals surface area contributed by atoms with Gasteiger partial charge in [0.15, 0.2) is 0 Å². The lowest BCUT2D eigenvalue weighted by molar-refractivity contribution is -0.540. The van der Waals surface area contributed by atoms with Crippen molar-refractivity contribution >= 4 is 28.2 Å². The largest absolute Gasteiger partial charge is 0.496 e. The third-order valence-electron chi connectivity index (χ3n) is 5.13. The highest BCUT2D eigenvalue weighted by Crippen LogP contribution is 2.37. The molecule has 3 heteroatoms. The Balaban J connectivity index is 0.00000158. The van der Waals surface area contributed by atoms with Gasteiger partial charge in [-0.2, -0.15) is 0 Å². The van der Waals surface area contributed by atoms with E-state index in [2.05, 4.69) is 74.8 Å². The topological polar surface area (TPSA) is 51.9 Å². The maximum absolute atomic E-state index is 5.85. The minimum atomic E-state index is 0.000248. The van der Waals surface area contributed by atoms with Crippen LogP contribution in [0.2, 0.25) is 0 Å². The van der Waals surface area contributed by atoms with E-state index in [0.29, 0.717) is 5.69 Å². The molecule has 0 aliphatic carbocycles. The number of ether oxygens (including phenoxy) is 1. The molecule has 0 amide bonds. The second-order valence-electron chi connectivity index (χ2n) is 7.53. The van der Waals surface area contributed by atoms with Gasteiger partial charge in [-0.3, -0.25) is 0 Å². The summed E-state index contributed by atoms with van der Waals surface area (Å²) in [6, 6.07) is 18.8. The van der Waals surface area contributed by atoms with E-state index in [0.717, 1.165) is 17.7 Å². The first kappa shape index (κ1) is 30.2. The van der Waals surface area contributed by atoms with E-state index in [1.807, 2.05) is 59.7 Å². The second kappa shape index (κ2) is 15.9. The molecular formula is C30H47N2O+. The van der Waals surface area contributed by atoms with Gasteiger partial charge >= 0.3 is 0 Å². The van der Waals surface area contributed by atoms with Gasteiger partial charge in [0.05, 0.1) is 14.2 Å². The van der Waals surface area contributed by atoms with E-state index in [9.17, 15) is 0 Å². The van der Waals surface area contributed by atoms with Gasteiger partial charge in [-0.1, -0.05) is 91.8 Å². The average molecular weight is 452 g/mol. The fraction of sp³-hybridized carbons (Fsp3) is 0.400. The van der Waals surface area contributed by atoms with E-state index >= 15 is 0 Å². The Bertz CT molecular complexity index is 974. The van der Waals surface area contributed by atoms with E-state index in [1.54, 1.807) is 7.11 Å². The number of hydrogen-bond acceptors (Lipinski definition) is 2. The molecule has 0 atom stereocenters. The number of rotatable bonds is 6. The summed E-state index contributed by atoms with van der Waals surface area (Å²) in [6.45, 7) is 16.6. The monoisotopic (exact) mass is 451 g/mol.